The first-order valence-corrected chi connectivity index (χ1v) is 11.9. The molecule has 3 heterocycles. The molecule has 0 bridgehead atoms. The molecule has 6 nitrogen and oxygen atoms in total. The predicted octanol–water partition coefficient (Wildman–Crippen LogP) is 5.69. The van der Waals surface area contributed by atoms with Gasteiger partial charge < -0.3 is 16.4 Å². The monoisotopic (exact) mass is 509 g/mol. The molecule has 35 heavy (non-hydrogen) atoms. The first-order chi connectivity index (χ1) is 16.7. The van der Waals surface area contributed by atoms with E-state index < -0.39 is 11.6 Å². The van der Waals surface area contributed by atoms with Crippen molar-refractivity contribution in [1.82, 2.24) is 9.88 Å². The number of halogens is 3. The van der Waals surface area contributed by atoms with Crippen LogP contribution < -0.4 is 11.5 Å². The van der Waals surface area contributed by atoms with Gasteiger partial charge in [0.1, 0.15) is 28.5 Å². The van der Waals surface area contributed by atoms with Crippen molar-refractivity contribution in [3.05, 3.63) is 75.4 Å². The number of hydrogen-bond donors (Lipinski definition) is 2. The van der Waals surface area contributed by atoms with E-state index in [9.17, 15) is 14.4 Å². The van der Waals surface area contributed by atoms with Crippen molar-refractivity contribution in [3.63, 3.8) is 0 Å². The summed E-state index contributed by atoms with van der Waals surface area (Å²) in [6, 6.07) is 9.14. The van der Waals surface area contributed by atoms with Crippen LogP contribution in [0, 0.1) is 23.0 Å². The number of aromatic nitrogens is 1. The zero-order chi connectivity index (χ0) is 25.0. The number of nitrogen functional groups attached to an aromatic ring is 2. The SMILES string of the molecule is C[C@@H](c1cccnc1N)N1CCc2c(cc(Cl)c(-c3ccc(F)c4sc(N)c(C#N)c34)c2F)C1=O. The van der Waals surface area contributed by atoms with E-state index in [1.54, 1.807) is 23.2 Å². The molecule has 1 aliphatic rings. The van der Waals surface area contributed by atoms with Crippen molar-refractivity contribution < 1.29 is 13.6 Å². The fraction of sp³-hybridized carbons (Fsp3) is 0.160. The van der Waals surface area contributed by atoms with E-state index >= 15 is 4.39 Å². The van der Waals surface area contributed by atoms with Gasteiger partial charge in [-0.05, 0) is 37.1 Å². The van der Waals surface area contributed by atoms with E-state index in [0.717, 1.165) is 11.3 Å². The number of carbonyl (C=O) groups is 1. The van der Waals surface area contributed by atoms with Gasteiger partial charge in [-0.1, -0.05) is 23.7 Å². The lowest BCUT2D eigenvalue weighted by Crippen LogP contribution is -2.40. The Labute approximate surface area is 208 Å². The van der Waals surface area contributed by atoms with Gasteiger partial charge in [-0.2, -0.15) is 5.26 Å². The molecule has 176 valence electrons. The van der Waals surface area contributed by atoms with Crippen LogP contribution in [0.4, 0.5) is 19.6 Å². The van der Waals surface area contributed by atoms with Crippen LogP contribution in [-0.2, 0) is 6.42 Å². The molecule has 1 atom stereocenters. The molecule has 2 aromatic heterocycles. The van der Waals surface area contributed by atoms with Crippen LogP contribution in [-0.4, -0.2) is 22.3 Å². The quantitative estimate of drug-likeness (QED) is 0.368. The summed E-state index contributed by atoms with van der Waals surface area (Å²) in [5.41, 5.74) is 13.3. The van der Waals surface area contributed by atoms with Gasteiger partial charge in [0.05, 0.1) is 21.3 Å². The Morgan fingerprint density at radius 3 is 2.74 bits per heavy atom. The van der Waals surface area contributed by atoms with Crippen LogP contribution >= 0.6 is 22.9 Å². The molecule has 5 rings (SSSR count). The maximum atomic E-state index is 16.0. The molecular formula is C25H18ClF2N5OS. The Hall–Kier alpha value is -3.74. The lowest BCUT2D eigenvalue weighted by molar-refractivity contribution is 0.0671. The van der Waals surface area contributed by atoms with Gasteiger partial charge in [-0.15, -0.1) is 11.3 Å². The van der Waals surface area contributed by atoms with Gasteiger partial charge in [0.25, 0.3) is 5.91 Å². The third kappa shape index (κ3) is 3.49. The largest absolute Gasteiger partial charge is 0.389 e. The molecule has 0 unspecified atom stereocenters. The molecule has 10 heteroatoms. The van der Waals surface area contributed by atoms with Crippen molar-refractivity contribution in [1.29, 1.82) is 5.26 Å². The summed E-state index contributed by atoms with van der Waals surface area (Å²) in [7, 11) is 0. The van der Waals surface area contributed by atoms with Crippen molar-refractivity contribution in [3.8, 4) is 17.2 Å². The summed E-state index contributed by atoms with van der Waals surface area (Å²) in [5.74, 6) is -1.29. The molecule has 0 saturated heterocycles. The summed E-state index contributed by atoms with van der Waals surface area (Å²) in [6.07, 6.45) is 1.81. The Balaban J connectivity index is 1.64. The Morgan fingerprint density at radius 1 is 1.26 bits per heavy atom. The van der Waals surface area contributed by atoms with E-state index in [2.05, 4.69) is 4.98 Å². The minimum Gasteiger partial charge on any atom is -0.389 e. The Kier molecular flexibility index (Phi) is 5.58. The zero-order valence-corrected chi connectivity index (χ0v) is 20.0. The molecular weight excluding hydrogens is 492 g/mol. The number of rotatable bonds is 3. The number of anilines is 2. The highest BCUT2D eigenvalue weighted by Crippen LogP contribution is 2.45. The average molecular weight is 510 g/mol. The summed E-state index contributed by atoms with van der Waals surface area (Å²) < 4.78 is 30.6. The highest BCUT2D eigenvalue weighted by atomic mass is 35.5. The Bertz CT molecular complexity index is 1580. The normalized spacial score (nSPS) is 14.1. The fourth-order valence-electron chi connectivity index (χ4n) is 4.66. The zero-order valence-electron chi connectivity index (χ0n) is 18.4. The number of benzene rings is 2. The summed E-state index contributed by atoms with van der Waals surface area (Å²) in [4.78, 5) is 19.1. The number of nitrogens with two attached hydrogens (primary N) is 2. The van der Waals surface area contributed by atoms with E-state index in [0.29, 0.717) is 11.4 Å². The van der Waals surface area contributed by atoms with Crippen molar-refractivity contribution in [2.24, 2.45) is 0 Å². The first kappa shape index (κ1) is 23.0. The summed E-state index contributed by atoms with van der Waals surface area (Å²) in [6.45, 7) is 2.09. The van der Waals surface area contributed by atoms with Crippen LogP contribution in [0.15, 0.2) is 36.5 Å². The van der Waals surface area contributed by atoms with E-state index in [-0.39, 0.29) is 72.8 Å². The lowest BCUT2D eigenvalue weighted by atomic mass is 9.90. The van der Waals surface area contributed by atoms with Gasteiger partial charge in [0.2, 0.25) is 0 Å². The molecule has 0 saturated carbocycles. The van der Waals surface area contributed by atoms with E-state index in [1.165, 1.54) is 18.2 Å². The fourth-order valence-corrected chi connectivity index (χ4v) is 5.90. The van der Waals surface area contributed by atoms with Gasteiger partial charge in [-0.25, -0.2) is 13.8 Å². The molecule has 4 N–H and O–H groups in total. The van der Waals surface area contributed by atoms with E-state index in [1.807, 2.05) is 13.0 Å². The second-order valence-corrected chi connectivity index (χ2v) is 9.69. The lowest BCUT2D eigenvalue weighted by Gasteiger charge is -2.34. The average Bonchev–Trinajstić information content (AvgIpc) is 3.18. The maximum Gasteiger partial charge on any atom is 0.254 e. The number of amides is 1. The van der Waals surface area contributed by atoms with E-state index in [4.69, 9.17) is 23.1 Å². The molecule has 4 aromatic rings. The number of nitriles is 1. The first-order valence-electron chi connectivity index (χ1n) is 10.7. The topological polar surface area (TPSA) is 109 Å². The van der Waals surface area contributed by atoms with Crippen molar-refractivity contribution in [2.45, 2.75) is 19.4 Å². The standard InChI is InChI=1S/C25H18ClF2N5OS/c1-11(12-3-2-7-32-23(12)30)33-8-6-13-15(25(33)34)9-17(26)20(21(13)28)14-4-5-18(27)22-19(14)16(10-29)24(31)35-22/h2-5,7,9,11H,6,8,31H2,1H3,(H2,30,32)/t11-/m0/s1. The molecule has 0 fully saturated rings. The molecule has 0 radical (unpaired) electrons. The van der Waals surface area contributed by atoms with Crippen LogP contribution in [0.2, 0.25) is 5.02 Å². The highest BCUT2D eigenvalue weighted by molar-refractivity contribution is 7.23. The Morgan fingerprint density at radius 2 is 2.03 bits per heavy atom. The number of thiophene rings is 1. The third-order valence-corrected chi connectivity index (χ3v) is 7.73. The van der Waals surface area contributed by atoms with Gasteiger partial charge >= 0.3 is 0 Å². The predicted molar refractivity (Wildman–Crippen MR) is 133 cm³/mol. The maximum absolute atomic E-state index is 16.0. The van der Waals surface area contributed by atoms with Crippen LogP contribution in [0.5, 0.6) is 0 Å². The minimum atomic E-state index is -0.671. The molecule has 1 aliphatic heterocycles. The number of nitrogens with zero attached hydrogens (tertiary/aromatic N) is 3. The number of pyridine rings is 1. The third-order valence-electron chi connectivity index (χ3n) is 6.40. The molecule has 0 aliphatic carbocycles. The van der Waals surface area contributed by atoms with Crippen LogP contribution in [0.25, 0.3) is 21.2 Å². The van der Waals surface area contributed by atoms with Crippen molar-refractivity contribution in [2.75, 3.05) is 18.0 Å². The molecule has 0 spiro atoms. The number of fused-ring (bicyclic) bond motifs is 2. The van der Waals surface area contributed by atoms with Crippen LogP contribution in [0.3, 0.4) is 0 Å². The smallest absolute Gasteiger partial charge is 0.254 e. The van der Waals surface area contributed by atoms with Crippen molar-refractivity contribution >= 4 is 49.7 Å². The number of carbonyl (C=O) groups excluding carboxylic acids is 1. The second kappa shape index (κ2) is 8.48. The van der Waals surface area contributed by atoms with Crippen LogP contribution in [0.1, 0.15) is 40.0 Å². The van der Waals surface area contributed by atoms with Gasteiger partial charge in [-0.3, -0.25) is 4.79 Å². The minimum absolute atomic E-state index is 0.00974. The second-order valence-electron chi connectivity index (χ2n) is 8.23. The molecule has 1 amide bonds. The summed E-state index contributed by atoms with van der Waals surface area (Å²) in [5, 5.41) is 9.92. The van der Waals surface area contributed by atoms with Gasteiger partial charge in [0.15, 0.2) is 0 Å². The summed E-state index contributed by atoms with van der Waals surface area (Å²) >= 11 is 7.45. The molecule has 2 aromatic carbocycles. The van der Waals surface area contributed by atoms with Gasteiger partial charge in [0, 0.05) is 40.4 Å². The highest BCUT2D eigenvalue weighted by Gasteiger charge is 2.34. The number of hydrogen-bond acceptors (Lipinski definition) is 6.